The maximum absolute atomic E-state index is 12.0. The normalized spacial score (nSPS) is 23.8. The van der Waals surface area contributed by atoms with Crippen LogP contribution < -0.4 is 10.6 Å². The molecular weight excluding hydrogens is 429 g/mol. The van der Waals surface area contributed by atoms with E-state index in [1.54, 1.807) is 0 Å². The Morgan fingerprint density at radius 3 is 2.55 bits per heavy atom. The number of hydrogen-bond acceptors (Lipinski definition) is 3. The largest absolute Gasteiger partial charge is 0.357 e. The molecule has 0 spiro atoms. The van der Waals surface area contributed by atoms with Crippen molar-refractivity contribution in [3.05, 3.63) is 0 Å². The van der Waals surface area contributed by atoms with E-state index in [1.807, 2.05) is 32.5 Å². The Hall–Kier alpha value is 0.500. The lowest BCUT2D eigenvalue weighted by Crippen LogP contribution is -2.42. The molecule has 3 unspecified atom stereocenters. The van der Waals surface area contributed by atoms with Crippen LogP contribution in [0.15, 0.2) is 4.99 Å². The number of nitrogens with one attached hydrogen (secondary N) is 2. The molecule has 22 heavy (non-hydrogen) atoms. The molecule has 0 radical (unpaired) electrons. The lowest BCUT2D eigenvalue weighted by Gasteiger charge is -2.19. The highest BCUT2D eigenvalue weighted by Crippen LogP contribution is 2.27. The van der Waals surface area contributed by atoms with Gasteiger partial charge in [0, 0.05) is 39.1 Å². The van der Waals surface area contributed by atoms with Crippen LogP contribution in [-0.2, 0) is 10.8 Å². The Kier molecular flexibility index (Phi) is 11.4. The summed E-state index contributed by atoms with van der Waals surface area (Å²) in [6, 6.07) is 0.522. The van der Waals surface area contributed by atoms with E-state index in [0.717, 1.165) is 17.8 Å². The zero-order chi connectivity index (χ0) is 15.9. The van der Waals surface area contributed by atoms with E-state index < -0.39 is 10.8 Å². The van der Waals surface area contributed by atoms with Gasteiger partial charge in [0.2, 0.25) is 0 Å². The summed E-state index contributed by atoms with van der Waals surface area (Å²) in [5.74, 6) is 1.49. The van der Waals surface area contributed by atoms with E-state index in [0.29, 0.717) is 18.3 Å². The average Bonchev–Trinajstić information content (AvgIpc) is 2.85. The Balaban J connectivity index is 0.00000441. The number of halogens is 1. The van der Waals surface area contributed by atoms with Crippen LogP contribution in [0.25, 0.3) is 0 Å². The molecule has 3 atom stereocenters. The van der Waals surface area contributed by atoms with Crippen LogP contribution >= 0.6 is 35.7 Å². The fourth-order valence-electron chi connectivity index (χ4n) is 2.35. The van der Waals surface area contributed by atoms with Crippen molar-refractivity contribution >= 4 is 52.5 Å². The van der Waals surface area contributed by atoms with Crippen molar-refractivity contribution in [2.75, 3.05) is 25.1 Å². The number of rotatable bonds is 6. The van der Waals surface area contributed by atoms with Gasteiger partial charge in [-0.2, -0.15) is 11.8 Å². The molecule has 7 heteroatoms. The maximum atomic E-state index is 12.0. The first-order valence-corrected chi connectivity index (χ1v) is 10.4. The first-order valence-electron chi connectivity index (χ1n) is 7.83. The van der Waals surface area contributed by atoms with E-state index in [4.69, 9.17) is 0 Å². The fourth-order valence-corrected chi connectivity index (χ4v) is 4.01. The highest BCUT2D eigenvalue weighted by Gasteiger charge is 2.24. The van der Waals surface area contributed by atoms with Crippen LogP contribution in [0.2, 0.25) is 0 Å². The van der Waals surface area contributed by atoms with Gasteiger partial charge >= 0.3 is 0 Å². The molecule has 1 rings (SSSR count). The summed E-state index contributed by atoms with van der Waals surface area (Å²) in [5, 5.41) is 7.58. The monoisotopic (exact) mass is 461 g/mol. The Morgan fingerprint density at radius 2 is 2.05 bits per heavy atom. The summed E-state index contributed by atoms with van der Waals surface area (Å²) in [7, 11) is -0.835. The smallest absolute Gasteiger partial charge is 0.191 e. The van der Waals surface area contributed by atoms with Crippen LogP contribution in [0.5, 0.6) is 0 Å². The zero-order valence-electron chi connectivity index (χ0n) is 14.5. The number of thioether (sulfide) groups is 1. The molecule has 0 bridgehead atoms. The molecule has 2 N–H and O–H groups in total. The van der Waals surface area contributed by atoms with E-state index in [9.17, 15) is 4.21 Å². The van der Waals surface area contributed by atoms with Crippen molar-refractivity contribution in [1.29, 1.82) is 0 Å². The summed E-state index contributed by atoms with van der Waals surface area (Å²) in [5.41, 5.74) is 0. The molecule has 1 aliphatic carbocycles. The molecule has 4 nitrogen and oxygen atoms in total. The van der Waals surface area contributed by atoms with Crippen molar-refractivity contribution in [3.63, 3.8) is 0 Å². The molecule has 0 amide bonds. The third-order valence-electron chi connectivity index (χ3n) is 3.63. The summed E-state index contributed by atoms with van der Waals surface area (Å²) in [4.78, 5) is 4.58. The molecule has 0 aromatic rings. The zero-order valence-corrected chi connectivity index (χ0v) is 18.4. The molecule has 0 heterocycles. The first kappa shape index (κ1) is 22.5. The summed E-state index contributed by atoms with van der Waals surface area (Å²) < 4.78 is 11.9. The average molecular weight is 461 g/mol. The summed E-state index contributed by atoms with van der Waals surface area (Å²) in [6.07, 6.45) is 5.89. The van der Waals surface area contributed by atoms with Gasteiger partial charge in [0.05, 0.1) is 6.54 Å². The first-order chi connectivity index (χ1) is 9.86. The topological polar surface area (TPSA) is 53.5 Å². The van der Waals surface area contributed by atoms with Crippen LogP contribution in [-0.4, -0.2) is 51.3 Å². The van der Waals surface area contributed by atoms with Crippen molar-refractivity contribution in [3.8, 4) is 0 Å². The van der Waals surface area contributed by atoms with Crippen molar-refractivity contribution in [1.82, 2.24) is 10.6 Å². The van der Waals surface area contributed by atoms with Gasteiger partial charge in [-0.25, -0.2) is 0 Å². The molecule has 1 saturated carbocycles. The predicted octanol–water partition coefficient (Wildman–Crippen LogP) is 2.99. The van der Waals surface area contributed by atoms with Gasteiger partial charge in [-0.1, -0.05) is 0 Å². The maximum Gasteiger partial charge on any atom is 0.191 e. The van der Waals surface area contributed by atoms with E-state index in [1.165, 1.54) is 19.3 Å². The number of aliphatic imine (C=N–C) groups is 1. The van der Waals surface area contributed by atoms with Gasteiger partial charge in [0.15, 0.2) is 5.96 Å². The second-order valence-corrected chi connectivity index (χ2v) is 9.90. The molecule has 0 saturated heterocycles. The predicted molar refractivity (Wildman–Crippen MR) is 112 cm³/mol. The lowest BCUT2D eigenvalue weighted by atomic mass is 10.2. The lowest BCUT2D eigenvalue weighted by molar-refractivity contribution is 0.615. The van der Waals surface area contributed by atoms with Gasteiger partial charge < -0.3 is 10.6 Å². The Labute approximate surface area is 159 Å². The summed E-state index contributed by atoms with van der Waals surface area (Å²) >= 11 is 1.96. The molecular formula is C15H32IN3OS2. The SMILES string of the molecule is CCNC(=NCCS(=O)C(C)(C)C)NC1CCC(SC)C1.I. The van der Waals surface area contributed by atoms with Crippen LogP contribution in [0.4, 0.5) is 0 Å². The van der Waals surface area contributed by atoms with E-state index >= 15 is 0 Å². The number of nitrogens with zero attached hydrogens (tertiary/aromatic N) is 1. The third kappa shape index (κ3) is 8.38. The van der Waals surface area contributed by atoms with Gasteiger partial charge in [-0.3, -0.25) is 9.20 Å². The van der Waals surface area contributed by atoms with Gasteiger partial charge in [0.1, 0.15) is 0 Å². The highest BCUT2D eigenvalue weighted by molar-refractivity contribution is 14.0. The van der Waals surface area contributed by atoms with Gasteiger partial charge in [-0.15, -0.1) is 24.0 Å². The van der Waals surface area contributed by atoms with Crippen LogP contribution in [0, 0.1) is 0 Å². The molecule has 1 fully saturated rings. The second kappa shape index (κ2) is 11.1. The highest BCUT2D eigenvalue weighted by atomic mass is 127. The van der Waals surface area contributed by atoms with Crippen molar-refractivity contribution < 1.29 is 4.21 Å². The molecule has 0 aliphatic heterocycles. The molecule has 0 aromatic carbocycles. The van der Waals surface area contributed by atoms with Crippen LogP contribution in [0.3, 0.4) is 0 Å². The molecule has 1 aliphatic rings. The Morgan fingerprint density at radius 1 is 1.36 bits per heavy atom. The fraction of sp³-hybridized carbons (Fsp3) is 0.933. The minimum absolute atomic E-state index is 0. The third-order valence-corrected chi connectivity index (χ3v) is 6.65. The standard InChI is InChI=1S/C15H31N3OS2.HI/c1-6-16-14(17-9-10-21(19)15(2,3)4)18-12-7-8-13(11-12)20-5;/h12-13H,6-11H2,1-5H3,(H2,16,17,18);1H. The van der Waals surface area contributed by atoms with E-state index in [-0.39, 0.29) is 28.7 Å². The van der Waals surface area contributed by atoms with E-state index in [2.05, 4.69) is 28.8 Å². The van der Waals surface area contributed by atoms with Crippen molar-refractivity contribution in [2.24, 2.45) is 4.99 Å². The van der Waals surface area contributed by atoms with Crippen LogP contribution in [0.1, 0.15) is 47.0 Å². The quantitative estimate of drug-likeness (QED) is 0.363. The molecule has 132 valence electrons. The summed E-state index contributed by atoms with van der Waals surface area (Å²) in [6.45, 7) is 9.57. The number of guanidine groups is 1. The second-order valence-electron chi connectivity index (χ2n) is 6.43. The van der Waals surface area contributed by atoms with Crippen molar-refractivity contribution in [2.45, 2.75) is 63.0 Å². The Bertz CT molecular complexity index is 372. The molecule has 0 aromatic heterocycles. The minimum Gasteiger partial charge on any atom is -0.357 e. The number of hydrogen-bond donors (Lipinski definition) is 2. The minimum atomic E-state index is -0.835. The van der Waals surface area contributed by atoms with Gasteiger partial charge in [-0.05, 0) is 53.2 Å². The van der Waals surface area contributed by atoms with Gasteiger partial charge in [0.25, 0.3) is 0 Å².